The number of anilines is 2. The molecule has 10 heteroatoms. The quantitative estimate of drug-likeness (QED) is 0.682. The van der Waals surface area contributed by atoms with E-state index in [1.165, 1.54) is 18.4 Å². The van der Waals surface area contributed by atoms with E-state index in [0.717, 1.165) is 12.8 Å². The number of hydrogen-bond donors (Lipinski definition) is 1. The first kappa shape index (κ1) is 17.7. The molecule has 1 aliphatic rings. The number of carbonyl (C=O) groups excluding carboxylic acids is 1. The lowest BCUT2D eigenvalue weighted by atomic mass is 10.1. The van der Waals surface area contributed by atoms with E-state index in [9.17, 15) is 9.59 Å². The minimum absolute atomic E-state index is 0.0600. The number of methoxy groups -OCH3 is 1. The number of aromatic nitrogens is 4. The van der Waals surface area contributed by atoms with Gasteiger partial charge in [0.25, 0.3) is 0 Å². The topological polar surface area (TPSA) is 100 Å². The third kappa shape index (κ3) is 3.21. The lowest BCUT2D eigenvalue weighted by Gasteiger charge is -2.22. The van der Waals surface area contributed by atoms with E-state index < -0.39 is 0 Å². The number of carbonyl (C=O) groups is 1. The summed E-state index contributed by atoms with van der Waals surface area (Å²) in [7, 11) is 3.07. The number of hydrogen-bond acceptors (Lipinski definition) is 8. The Balaban J connectivity index is 1.70. The Morgan fingerprint density at radius 1 is 1.41 bits per heavy atom. The van der Waals surface area contributed by atoms with Gasteiger partial charge < -0.3 is 14.8 Å². The molecule has 1 N–H and O–H groups in total. The molecule has 0 atom stereocenters. The highest BCUT2D eigenvalue weighted by Gasteiger charge is 2.23. The summed E-state index contributed by atoms with van der Waals surface area (Å²) in [6.45, 7) is 1.27. The van der Waals surface area contributed by atoms with Crippen molar-refractivity contribution in [3.8, 4) is 0 Å². The number of nitrogens with one attached hydrogen (secondary N) is 1. The van der Waals surface area contributed by atoms with Crippen molar-refractivity contribution >= 4 is 40.1 Å². The van der Waals surface area contributed by atoms with Crippen molar-refractivity contribution in [2.45, 2.75) is 18.9 Å². The fourth-order valence-electron chi connectivity index (χ4n) is 3.21. The van der Waals surface area contributed by atoms with Crippen LogP contribution in [-0.4, -0.2) is 45.4 Å². The second-order valence-electron chi connectivity index (χ2n) is 6.27. The Morgan fingerprint density at radius 2 is 2.19 bits per heavy atom. The lowest BCUT2D eigenvalue weighted by Crippen LogP contribution is -2.30. The minimum Gasteiger partial charge on any atom is -0.465 e. The molecule has 1 fully saturated rings. The Hall–Kier alpha value is -2.72. The van der Waals surface area contributed by atoms with Crippen molar-refractivity contribution in [2.75, 3.05) is 25.6 Å². The molecular formula is C17H19N5O4S. The van der Waals surface area contributed by atoms with Crippen LogP contribution >= 0.6 is 11.3 Å². The second kappa shape index (κ2) is 7.12. The van der Waals surface area contributed by atoms with Gasteiger partial charge in [0, 0.05) is 31.7 Å². The first-order valence-electron chi connectivity index (χ1n) is 8.54. The summed E-state index contributed by atoms with van der Waals surface area (Å²) in [6, 6.07) is 1.74. The van der Waals surface area contributed by atoms with Gasteiger partial charge in [0.2, 0.25) is 5.95 Å². The van der Waals surface area contributed by atoms with E-state index in [1.54, 1.807) is 33.8 Å². The molecule has 27 heavy (non-hydrogen) atoms. The van der Waals surface area contributed by atoms with Crippen LogP contribution in [0.15, 0.2) is 22.4 Å². The van der Waals surface area contributed by atoms with E-state index in [2.05, 4.69) is 15.3 Å². The maximum atomic E-state index is 12.7. The fraction of sp³-hybridized carbons (Fsp3) is 0.412. The van der Waals surface area contributed by atoms with Crippen molar-refractivity contribution in [3.63, 3.8) is 0 Å². The molecule has 1 aliphatic heterocycles. The Bertz CT molecular complexity index is 1050. The fourth-order valence-corrected chi connectivity index (χ4v) is 3.96. The zero-order valence-corrected chi connectivity index (χ0v) is 15.8. The van der Waals surface area contributed by atoms with Crippen molar-refractivity contribution in [1.82, 2.24) is 19.1 Å². The molecule has 0 radical (unpaired) electrons. The highest BCUT2D eigenvalue weighted by Crippen LogP contribution is 2.26. The van der Waals surface area contributed by atoms with Crippen molar-refractivity contribution in [1.29, 1.82) is 0 Å². The van der Waals surface area contributed by atoms with Crippen LogP contribution < -0.4 is 11.0 Å². The molecule has 142 valence electrons. The predicted molar refractivity (Wildman–Crippen MR) is 101 cm³/mol. The molecule has 0 bridgehead atoms. The molecule has 3 aromatic rings. The SMILES string of the molecule is COC(=O)c1cc(Nc2ncc3c(n2)n(C2CCOCC2)c(=O)n3C)cs1. The summed E-state index contributed by atoms with van der Waals surface area (Å²) >= 11 is 1.27. The molecule has 0 aliphatic carbocycles. The number of thiophene rings is 1. The molecule has 0 spiro atoms. The first-order chi connectivity index (χ1) is 13.1. The molecular weight excluding hydrogens is 370 g/mol. The largest absolute Gasteiger partial charge is 0.465 e. The van der Waals surface area contributed by atoms with E-state index in [0.29, 0.717) is 40.9 Å². The molecule has 0 unspecified atom stereocenters. The van der Waals surface area contributed by atoms with Crippen LogP contribution in [0.4, 0.5) is 11.6 Å². The van der Waals surface area contributed by atoms with Crippen molar-refractivity contribution in [2.24, 2.45) is 7.05 Å². The number of imidazole rings is 1. The maximum Gasteiger partial charge on any atom is 0.348 e. The van der Waals surface area contributed by atoms with Gasteiger partial charge in [-0.2, -0.15) is 4.98 Å². The highest BCUT2D eigenvalue weighted by atomic mass is 32.1. The van der Waals surface area contributed by atoms with Crippen LogP contribution in [-0.2, 0) is 16.5 Å². The first-order valence-corrected chi connectivity index (χ1v) is 9.42. The summed E-state index contributed by atoms with van der Waals surface area (Å²) < 4.78 is 13.4. The van der Waals surface area contributed by atoms with Gasteiger partial charge in [-0.1, -0.05) is 0 Å². The monoisotopic (exact) mass is 389 g/mol. The predicted octanol–water partition coefficient (Wildman–Crippen LogP) is 2.07. The molecule has 9 nitrogen and oxygen atoms in total. The van der Waals surface area contributed by atoms with E-state index >= 15 is 0 Å². The molecule has 0 amide bonds. The molecule has 4 rings (SSSR count). The van der Waals surface area contributed by atoms with Gasteiger partial charge in [-0.3, -0.25) is 9.13 Å². The third-order valence-electron chi connectivity index (χ3n) is 4.63. The summed E-state index contributed by atoms with van der Waals surface area (Å²) in [5, 5.41) is 4.87. The zero-order chi connectivity index (χ0) is 19.0. The van der Waals surface area contributed by atoms with Crippen molar-refractivity contribution < 1.29 is 14.3 Å². The highest BCUT2D eigenvalue weighted by molar-refractivity contribution is 7.12. The number of fused-ring (bicyclic) bond motifs is 1. The Morgan fingerprint density at radius 3 is 2.93 bits per heavy atom. The Labute approximate surface area is 158 Å². The summed E-state index contributed by atoms with van der Waals surface area (Å²) in [5.74, 6) is -0.0241. The van der Waals surface area contributed by atoms with Gasteiger partial charge in [0.05, 0.1) is 19.0 Å². The van der Waals surface area contributed by atoms with Gasteiger partial charge in [0.1, 0.15) is 10.4 Å². The number of ether oxygens (including phenoxy) is 2. The van der Waals surface area contributed by atoms with E-state index in [1.807, 2.05) is 0 Å². The van der Waals surface area contributed by atoms with Gasteiger partial charge >= 0.3 is 11.7 Å². The molecule has 4 heterocycles. The van der Waals surface area contributed by atoms with Crippen LogP contribution in [0.3, 0.4) is 0 Å². The summed E-state index contributed by atoms with van der Waals surface area (Å²) in [5.41, 5.74) is 1.86. The number of rotatable bonds is 4. The van der Waals surface area contributed by atoms with Crippen LogP contribution in [0.2, 0.25) is 0 Å². The molecule has 1 saturated heterocycles. The number of nitrogens with zero attached hydrogens (tertiary/aromatic N) is 4. The van der Waals surface area contributed by atoms with Gasteiger partial charge in [-0.15, -0.1) is 11.3 Å². The third-order valence-corrected chi connectivity index (χ3v) is 5.54. The lowest BCUT2D eigenvalue weighted by molar-refractivity contribution is 0.0606. The molecule has 0 aromatic carbocycles. The average Bonchev–Trinajstić information content (AvgIpc) is 3.25. The van der Waals surface area contributed by atoms with Crippen molar-refractivity contribution in [3.05, 3.63) is 33.0 Å². The van der Waals surface area contributed by atoms with Crippen LogP contribution in [0, 0.1) is 0 Å². The van der Waals surface area contributed by atoms with Gasteiger partial charge in [-0.05, 0) is 18.9 Å². The number of esters is 1. The standard InChI is InChI=1S/C17H19N5O4S/c1-21-12-8-18-16(19-10-7-13(27-9-10)15(23)25-2)20-14(12)22(17(21)24)11-3-5-26-6-4-11/h7-9,11H,3-6H2,1-2H3,(H,18,19,20). The van der Waals surface area contributed by atoms with Gasteiger partial charge in [0.15, 0.2) is 5.65 Å². The summed E-state index contributed by atoms with van der Waals surface area (Å²) in [6.07, 6.45) is 3.19. The normalized spacial score (nSPS) is 15.2. The zero-order valence-electron chi connectivity index (χ0n) is 15.0. The summed E-state index contributed by atoms with van der Waals surface area (Å²) in [4.78, 5) is 33.7. The van der Waals surface area contributed by atoms with Crippen LogP contribution in [0.5, 0.6) is 0 Å². The molecule has 0 saturated carbocycles. The van der Waals surface area contributed by atoms with E-state index in [4.69, 9.17) is 9.47 Å². The smallest absolute Gasteiger partial charge is 0.348 e. The Kier molecular flexibility index (Phi) is 4.66. The average molecular weight is 389 g/mol. The minimum atomic E-state index is -0.388. The maximum absolute atomic E-state index is 12.7. The van der Waals surface area contributed by atoms with Gasteiger partial charge in [-0.25, -0.2) is 14.6 Å². The number of aryl methyl sites for hydroxylation is 1. The second-order valence-corrected chi connectivity index (χ2v) is 7.19. The van der Waals surface area contributed by atoms with Crippen LogP contribution in [0.1, 0.15) is 28.6 Å². The molecule has 3 aromatic heterocycles. The van der Waals surface area contributed by atoms with Crippen LogP contribution in [0.25, 0.3) is 11.2 Å². The van der Waals surface area contributed by atoms with E-state index in [-0.39, 0.29) is 17.7 Å².